The second kappa shape index (κ2) is 6.36. The fourth-order valence-electron chi connectivity index (χ4n) is 1.65. The molecule has 19 heavy (non-hydrogen) atoms. The number of hydrogen-bond acceptors (Lipinski definition) is 3. The highest BCUT2D eigenvalue weighted by Crippen LogP contribution is 2.13. The third-order valence-electron chi connectivity index (χ3n) is 3.22. The van der Waals surface area contributed by atoms with E-state index in [1.807, 2.05) is 20.8 Å². The highest BCUT2D eigenvalue weighted by molar-refractivity contribution is 5.95. The van der Waals surface area contributed by atoms with Gasteiger partial charge in [0, 0.05) is 5.69 Å². The Hall–Kier alpha value is -1.85. The summed E-state index contributed by atoms with van der Waals surface area (Å²) in [5.41, 5.74) is 1.07. The molecule has 2 atom stereocenters. The highest BCUT2D eigenvalue weighted by Gasteiger charge is 2.26. The van der Waals surface area contributed by atoms with Gasteiger partial charge in [0.2, 0.25) is 0 Å². The lowest BCUT2D eigenvalue weighted by molar-refractivity contribution is -0.140. The van der Waals surface area contributed by atoms with E-state index < -0.39 is 17.9 Å². The number of carbonyl (C=O) groups is 2. The van der Waals surface area contributed by atoms with E-state index in [1.54, 1.807) is 13.0 Å². The smallest absolute Gasteiger partial charge is 0.326 e. The molecule has 0 fully saturated rings. The van der Waals surface area contributed by atoms with E-state index in [1.165, 1.54) is 0 Å². The summed E-state index contributed by atoms with van der Waals surface area (Å²) >= 11 is 0. The van der Waals surface area contributed by atoms with Gasteiger partial charge in [0.05, 0.1) is 0 Å². The van der Waals surface area contributed by atoms with Crippen molar-refractivity contribution in [2.45, 2.75) is 46.1 Å². The van der Waals surface area contributed by atoms with Gasteiger partial charge in [0.25, 0.3) is 5.91 Å². The molecular weight excluding hydrogens is 246 g/mol. The number of carboxylic acids is 1. The molecule has 1 rings (SSSR count). The molecule has 3 N–H and O–H groups in total. The lowest BCUT2D eigenvalue weighted by atomic mass is 9.99. The van der Waals surface area contributed by atoms with E-state index in [0.717, 1.165) is 5.69 Å². The molecule has 6 nitrogen and oxygen atoms in total. The predicted octanol–water partition coefficient (Wildman–Crippen LogP) is 1.76. The molecule has 0 saturated heterocycles. The molecule has 0 aliphatic rings. The maximum Gasteiger partial charge on any atom is 0.326 e. The van der Waals surface area contributed by atoms with Crippen LogP contribution in [0, 0.1) is 5.92 Å². The molecule has 2 unspecified atom stereocenters. The number of hydrogen-bond donors (Lipinski definition) is 3. The van der Waals surface area contributed by atoms with Crippen LogP contribution in [0.15, 0.2) is 6.07 Å². The molecule has 0 spiro atoms. The molecule has 0 aliphatic heterocycles. The van der Waals surface area contributed by atoms with Crippen molar-refractivity contribution in [2.24, 2.45) is 5.92 Å². The van der Waals surface area contributed by atoms with Crippen LogP contribution in [0.5, 0.6) is 0 Å². The molecule has 0 aliphatic carbocycles. The Morgan fingerprint density at radius 1 is 1.42 bits per heavy atom. The van der Waals surface area contributed by atoms with Gasteiger partial charge in [-0.3, -0.25) is 9.89 Å². The van der Waals surface area contributed by atoms with Crippen molar-refractivity contribution in [3.8, 4) is 0 Å². The summed E-state index contributed by atoms with van der Waals surface area (Å²) in [7, 11) is 0. The van der Waals surface area contributed by atoms with Crippen LogP contribution in [0.25, 0.3) is 0 Å². The van der Waals surface area contributed by atoms with Crippen molar-refractivity contribution in [1.29, 1.82) is 0 Å². The molecule has 1 heterocycles. The summed E-state index contributed by atoms with van der Waals surface area (Å²) in [5, 5.41) is 18.3. The second-order valence-corrected chi connectivity index (χ2v) is 5.04. The first-order valence-corrected chi connectivity index (χ1v) is 6.45. The first kappa shape index (κ1) is 15.2. The van der Waals surface area contributed by atoms with Crippen LogP contribution < -0.4 is 5.32 Å². The maximum absolute atomic E-state index is 12.0. The summed E-state index contributed by atoms with van der Waals surface area (Å²) in [6.45, 7) is 7.64. The van der Waals surface area contributed by atoms with Crippen molar-refractivity contribution in [3.05, 3.63) is 17.5 Å². The zero-order valence-corrected chi connectivity index (χ0v) is 11.7. The number of nitrogens with zero attached hydrogens (tertiary/aromatic N) is 1. The van der Waals surface area contributed by atoms with Crippen LogP contribution in [0.3, 0.4) is 0 Å². The van der Waals surface area contributed by atoms with E-state index in [2.05, 4.69) is 15.5 Å². The van der Waals surface area contributed by atoms with Gasteiger partial charge in [-0.25, -0.2) is 4.79 Å². The van der Waals surface area contributed by atoms with Crippen LogP contribution in [-0.2, 0) is 4.79 Å². The van der Waals surface area contributed by atoms with Gasteiger partial charge in [0.15, 0.2) is 0 Å². The minimum atomic E-state index is -1.03. The monoisotopic (exact) mass is 267 g/mol. The zero-order chi connectivity index (χ0) is 14.6. The summed E-state index contributed by atoms with van der Waals surface area (Å²) < 4.78 is 0. The second-order valence-electron chi connectivity index (χ2n) is 5.04. The first-order valence-electron chi connectivity index (χ1n) is 6.45. The Morgan fingerprint density at radius 2 is 2.05 bits per heavy atom. The number of amides is 1. The van der Waals surface area contributed by atoms with E-state index in [4.69, 9.17) is 5.11 Å². The lowest BCUT2D eigenvalue weighted by Gasteiger charge is -2.19. The minimum Gasteiger partial charge on any atom is -0.480 e. The van der Waals surface area contributed by atoms with Crippen LogP contribution in [-0.4, -0.2) is 33.2 Å². The Labute approximate surface area is 112 Å². The van der Waals surface area contributed by atoms with Gasteiger partial charge < -0.3 is 10.4 Å². The average molecular weight is 267 g/mol. The van der Waals surface area contributed by atoms with Crippen LogP contribution in [0.4, 0.5) is 0 Å². The Kier molecular flexibility index (Phi) is 5.09. The molecular formula is C13H21N3O3. The fraction of sp³-hybridized carbons (Fsp3) is 0.615. The Morgan fingerprint density at radius 3 is 2.47 bits per heavy atom. The molecule has 0 radical (unpaired) electrons. The van der Waals surface area contributed by atoms with Gasteiger partial charge in [-0.1, -0.05) is 34.1 Å². The van der Waals surface area contributed by atoms with Gasteiger partial charge in [0.1, 0.15) is 11.7 Å². The average Bonchev–Trinajstić information content (AvgIpc) is 2.84. The van der Waals surface area contributed by atoms with Crippen LogP contribution >= 0.6 is 0 Å². The number of aromatic nitrogens is 2. The van der Waals surface area contributed by atoms with Gasteiger partial charge in [-0.05, 0) is 17.9 Å². The molecule has 1 aromatic rings. The van der Waals surface area contributed by atoms with E-state index in [-0.39, 0.29) is 17.5 Å². The fourth-order valence-corrected chi connectivity index (χ4v) is 1.65. The zero-order valence-electron chi connectivity index (χ0n) is 11.7. The Balaban J connectivity index is 2.79. The van der Waals surface area contributed by atoms with Crippen molar-refractivity contribution < 1.29 is 14.7 Å². The maximum atomic E-state index is 12.0. The van der Waals surface area contributed by atoms with Crippen molar-refractivity contribution in [3.63, 3.8) is 0 Å². The van der Waals surface area contributed by atoms with E-state index in [0.29, 0.717) is 6.42 Å². The van der Waals surface area contributed by atoms with Crippen LogP contribution in [0.2, 0.25) is 0 Å². The van der Waals surface area contributed by atoms with Crippen molar-refractivity contribution in [1.82, 2.24) is 15.5 Å². The number of rotatable bonds is 6. The topological polar surface area (TPSA) is 95.1 Å². The number of carbonyl (C=O) groups excluding carboxylic acids is 1. The summed E-state index contributed by atoms with van der Waals surface area (Å²) in [6.07, 6.45) is 0.676. The molecule has 0 aromatic carbocycles. The van der Waals surface area contributed by atoms with E-state index in [9.17, 15) is 9.59 Å². The van der Waals surface area contributed by atoms with E-state index >= 15 is 0 Å². The number of H-pyrrole nitrogens is 1. The lowest BCUT2D eigenvalue weighted by Crippen LogP contribution is -2.45. The number of aliphatic carboxylic acids is 1. The molecule has 1 amide bonds. The normalized spacial score (nSPS) is 14.2. The molecule has 0 bridgehead atoms. The summed E-state index contributed by atoms with van der Waals surface area (Å²) in [4.78, 5) is 23.1. The minimum absolute atomic E-state index is 0.134. The van der Waals surface area contributed by atoms with Crippen molar-refractivity contribution in [2.75, 3.05) is 0 Å². The molecule has 1 aromatic heterocycles. The predicted molar refractivity (Wildman–Crippen MR) is 71.0 cm³/mol. The number of carboxylic acid groups (broad SMARTS) is 1. The van der Waals surface area contributed by atoms with Crippen molar-refractivity contribution >= 4 is 11.9 Å². The molecule has 0 saturated carbocycles. The third-order valence-corrected chi connectivity index (χ3v) is 3.22. The standard InChI is InChI=1S/C13H21N3O3/c1-5-8(4)11(13(18)19)14-12(17)10-6-9(7(2)3)15-16-10/h6-8,11H,5H2,1-4H3,(H,14,17)(H,15,16)(H,18,19). The molecule has 106 valence electrons. The molecule has 6 heteroatoms. The summed E-state index contributed by atoms with van der Waals surface area (Å²) in [6, 6.07) is 0.756. The summed E-state index contributed by atoms with van der Waals surface area (Å²) in [5.74, 6) is -1.39. The number of nitrogens with one attached hydrogen (secondary N) is 2. The SMILES string of the molecule is CCC(C)C(NC(=O)c1cc(C(C)C)[nH]n1)C(=O)O. The van der Waals surface area contributed by atoms with Gasteiger partial charge in [-0.2, -0.15) is 5.10 Å². The van der Waals surface area contributed by atoms with Crippen LogP contribution in [0.1, 0.15) is 56.2 Å². The largest absolute Gasteiger partial charge is 0.480 e. The van der Waals surface area contributed by atoms with Gasteiger partial charge >= 0.3 is 5.97 Å². The quantitative estimate of drug-likeness (QED) is 0.732. The Bertz CT molecular complexity index is 454. The highest BCUT2D eigenvalue weighted by atomic mass is 16.4. The van der Waals surface area contributed by atoms with Gasteiger partial charge in [-0.15, -0.1) is 0 Å². The first-order chi connectivity index (χ1) is 8.86. The number of aromatic amines is 1. The third kappa shape index (κ3) is 3.81.